The van der Waals surface area contributed by atoms with Gasteiger partial charge in [0.05, 0.1) is 0 Å². The molecule has 102 valence electrons. The van der Waals surface area contributed by atoms with Crippen LogP contribution < -0.4 is 5.32 Å². The van der Waals surface area contributed by atoms with Gasteiger partial charge >= 0.3 is 0 Å². The van der Waals surface area contributed by atoms with Crippen molar-refractivity contribution >= 4 is 28.3 Å². The molecule has 1 aliphatic rings. The second kappa shape index (κ2) is 7.43. The minimum atomic E-state index is -0.185. The van der Waals surface area contributed by atoms with Crippen LogP contribution in [0.3, 0.4) is 0 Å². The molecule has 0 aromatic heterocycles. The molecule has 0 aliphatic carbocycles. The number of hydrogen-bond acceptors (Lipinski definition) is 2. The summed E-state index contributed by atoms with van der Waals surface area (Å²) in [4.78, 5) is 2.43. The molecule has 1 aliphatic heterocycles. The highest BCUT2D eigenvalue weighted by atomic mass is 79.9. The number of nitrogens with one attached hydrogen (secondary N) is 1. The van der Waals surface area contributed by atoms with Crippen molar-refractivity contribution in [2.75, 3.05) is 26.7 Å². The SMILES string of the molecule is CNCC1CCN(Cc2ccc(F)cc2Br)C1.Cl. The van der Waals surface area contributed by atoms with E-state index in [1.54, 1.807) is 0 Å². The van der Waals surface area contributed by atoms with Gasteiger partial charge in [0.1, 0.15) is 5.82 Å². The lowest BCUT2D eigenvalue weighted by molar-refractivity contribution is 0.315. The molecule has 1 aromatic carbocycles. The summed E-state index contributed by atoms with van der Waals surface area (Å²) in [5.74, 6) is 0.564. The van der Waals surface area contributed by atoms with Crippen molar-refractivity contribution in [2.24, 2.45) is 5.92 Å². The maximum atomic E-state index is 13.0. The Bertz CT molecular complexity index is 389. The van der Waals surface area contributed by atoms with E-state index in [4.69, 9.17) is 0 Å². The summed E-state index contributed by atoms with van der Waals surface area (Å²) in [7, 11) is 2.00. The second-order valence-electron chi connectivity index (χ2n) is 4.68. The van der Waals surface area contributed by atoms with Gasteiger partial charge in [0.2, 0.25) is 0 Å². The first kappa shape index (κ1) is 15.9. The summed E-state index contributed by atoms with van der Waals surface area (Å²) in [5, 5.41) is 3.23. The number of likely N-dealkylation sites (tertiary alicyclic amines) is 1. The van der Waals surface area contributed by atoms with E-state index in [9.17, 15) is 4.39 Å². The van der Waals surface area contributed by atoms with Crippen molar-refractivity contribution in [1.82, 2.24) is 10.2 Å². The molecule has 2 nitrogen and oxygen atoms in total. The van der Waals surface area contributed by atoms with Crippen molar-refractivity contribution in [1.29, 1.82) is 0 Å². The van der Waals surface area contributed by atoms with Gasteiger partial charge in [-0.05, 0) is 50.2 Å². The number of rotatable bonds is 4. The zero-order chi connectivity index (χ0) is 12.3. The van der Waals surface area contributed by atoms with E-state index in [2.05, 4.69) is 26.1 Å². The Hall–Kier alpha value is -0.160. The largest absolute Gasteiger partial charge is 0.319 e. The Balaban J connectivity index is 0.00000162. The van der Waals surface area contributed by atoms with Gasteiger partial charge in [-0.15, -0.1) is 12.4 Å². The quantitative estimate of drug-likeness (QED) is 0.908. The number of nitrogens with zero attached hydrogens (tertiary/aromatic N) is 1. The lowest BCUT2D eigenvalue weighted by atomic mass is 10.1. The maximum Gasteiger partial charge on any atom is 0.124 e. The molecule has 1 atom stereocenters. The van der Waals surface area contributed by atoms with Crippen LogP contribution in [0.1, 0.15) is 12.0 Å². The second-order valence-corrected chi connectivity index (χ2v) is 5.54. The first-order valence-corrected chi connectivity index (χ1v) is 6.79. The molecule has 1 saturated heterocycles. The fourth-order valence-corrected chi connectivity index (χ4v) is 2.88. The molecule has 2 rings (SSSR count). The van der Waals surface area contributed by atoms with Crippen LogP contribution in [0.15, 0.2) is 22.7 Å². The van der Waals surface area contributed by atoms with Crippen LogP contribution in [0.25, 0.3) is 0 Å². The Labute approximate surface area is 122 Å². The topological polar surface area (TPSA) is 15.3 Å². The van der Waals surface area contributed by atoms with Gasteiger partial charge in [0.25, 0.3) is 0 Å². The van der Waals surface area contributed by atoms with Crippen molar-refractivity contribution < 1.29 is 4.39 Å². The molecule has 18 heavy (non-hydrogen) atoms. The minimum absolute atomic E-state index is 0. The summed E-state index contributed by atoms with van der Waals surface area (Å²) in [5.41, 5.74) is 1.16. The fourth-order valence-electron chi connectivity index (χ4n) is 2.40. The molecule has 0 bridgehead atoms. The van der Waals surface area contributed by atoms with Gasteiger partial charge in [-0.25, -0.2) is 4.39 Å². The molecule has 0 saturated carbocycles. The van der Waals surface area contributed by atoms with Gasteiger partial charge < -0.3 is 5.32 Å². The van der Waals surface area contributed by atoms with E-state index in [-0.39, 0.29) is 18.2 Å². The van der Waals surface area contributed by atoms with Crippen LogP contribution in [-0.2, 0) is 6.54 Å². The third-order valence-corrected chi connectivity index (χ3v) is 4.01. The Morgan fingerprint density at radius 3 is 2.94 bits per heavy atom. The van der Waals surface area contributed by atoms with E-state index in [0.29, 0.717) is 0 Å². The molecule has 0 spiro atoms. The zero-order valence-corrected chi connectivity index (χ0v) is 12.9. The van der Waals surface area contributed by atoms with E-state index in [0.717, 1.165) is 42.1 Å². The lowest BCUT2D eigenvalue weighted by Gasteiger charge is -2.17. The van der Waals surface area contributed by atoms with Crippen LogP contribution in [-0.4, -0.2) is 31.6 Å². The highest BCUT2D eigenvalue weighted by Gasteiger charge is 2.22. The first-order valence-electron chi connectivity index (χ1n) is 6.00. The Morgan fingerprint density at radius 1 is 1.50 bits per heavy atom. The molecular weight excluding hydrogens is 319 g/mol. The van der Waals surface area contributed by atoms with Crippen molar-refractivity contribution in [2.45, 2.75) is 13.0 Å². The number of halogens is 3. The van der Waals surface area contributed by atoms with Crippen LogP contribution in [0.4, 0.5) is 4.39 Å². The van der Waals surface area contributed by atoms with E-state index < -0.39 is 0 Å². The smallest absolute Gasteiger partial charge is 0.124 e. The molecule has 0 amide bonds. The number of hydrogen-bond donors (Lipinski definition) is 1. The zero-order valence-electron chi connectivity index (χ0n) is 10.5. The van der Waals surface area contributed by atoms with Gasteiger partial charge in [0, 0.05) is 17.6 Å². The number of benzene rings is 1. The third-order valence-electron chi connectivity index (χ3n) is 3.27. The molecule has 1 heterocycles. The highest BCUT2D eigenvalue weighted by molar-refractivity contribution is 9.10. The molecule has 1 aromatic rings. The van der Waals surface area contributed by atoms with Crippen LogP contribution in [0.5, 0.6) is 0 Å². The lowest BCUT2D eigenvalue weighted by Crippen LogP contribution is -2.24. The molecule has 1 N–H and O–H groups in total. The van der Waals surface area contributed by atoms with Crippen molar-refractivity contribution in [3.05, 3.63) is 34.1 Å². The average molecular weight is 338 g/mol. The predicted octanol–water partition coefficient (Wildman–Crippen LogP) is 3.05. The van der Waals surface area contributed by atoms with E-state index in [1.807, 2.05) is 13.1 Å². The first-order chi connectivity index (χ1) is 8.19. The molecular formula is C13H19BrClFN2. The van der Waals surface area contributed by atoms with Gasteiger partial charge in [-0.3, -0.25) is 4.90 Å². The minimum Gasteiger partial charge on any atom is -0.319 e. The maximum absolute atomic E-state index is 13.0. The summed E-state index contributed by atoms with van der Waals surface area (Å²) < 4.78 is 13.8. The van der Waals surface area contributed by atoms with Gasteiger partial charge in [-0.1, -0.05) is 22.0 Å². The molecule has 5 heteroatoms. The predicted molar refractivity (Wildman–Crippen MR) is 78.7 cm³/mol. The van der Waals surface area contributed by atoms with Crippen molar-refractivity contribution in [3.63, 3.8) is 0 Å². The Morgan fingerprint density at radius 2 is 2.28 bits per heavy atom. The summed E-state index contributed by atoms with van der Waals surface area (Å²) in [6.45, 7) is 4.25. The Kier molecular flexibility index (Phi) is 6.57. The molecule has 1 unspecified atom stereocenters. The normalized spacial score (nSPS) is 19.8. The van der Waals surface area contributed by atoms with Crippen LogP contribution >= 0.6 is 28.3 Å². The third kappa shape index (κ3) is 4.19. The average Bonchev–Trinajstić information content (AvgIpc) is 2.71. The van der Waals surface area contributed by atoms with Crippen LogP contribution in [0.2, 0.25) is 0 Å². The van der Waals surface area contributed by atoms with E-state index in [1.165, 1.54) is 18.6 Å². The van der Waals surface area contributed by atoms with Gasteiger partial charge in [0.15, 0.2) is 0 Å². The van der Waals surface area contributed by atoms with Gasteiger partial charge in [-0.2, -0.15) is 0 Å². The standard InChI is InChI=1S/C13H18BrFN2.ClH/c1-16-7-10-4-5-17(8-10)9-11-2-3-12(15)6-13(11)14;/h2-3,6,10,16H,4-5,7-9H2,1H3;1H. The summed E-state index contributed by atoms with van der Waals surface area (Å²) >= 11 is 3.42. The van der Waals surface area contributed by atoms with Crippen LogP contribution in [0, 0.1) is 11.7 Å². The highest BCUT2D eigenvalue weighted by Crippen LogP contribution is 2.23. The molecule has 1 fully saturated rings. The molecule has 0 radical (unpaired) electrons. The summed E-state index contributed by atoms with van der Waals surface area (Å²) in [6, 6.07) is 4.93. The van der Waals surface area contributed by atoms with Crippen molar-refractivity contribution in [3.8, 4) is 0 Å². The summed E-state index contributed by atoms with van der Waals surface area (Å²) in [6.07, 6.45) is 1.25. The monoisotopic (exact) mass is 336 g/mol. The fraction of sp³-hybridized carbons (Fsp3) is 0.538. The van der Waals surface area contributed by atoms with E-state index >= 15 is 0 Å².